The van der Waals surface area contributed by atoms with E-state index in [1.165, 1.54) is 18.5 Å². The van der Waals surface area contributed by atoms with Gasteiger partial charge in [-0.05, 0) is 68.4 Å². The Kier molecular flexibility index (Phi) is 8.42. The fraction of sp³-hybridized carbons (Fsp3) is 0.233. The fourth-order valence-corrected chi connectivity index (χ4v) is 4.86. The van der Waals surface area contributed by atoms with Gasteiger partial charge in [0.25, 0.3) is 0 Å². The van der Waals surface area contributed by atoms with E-state index in [-0.39, 0.29) is 24.4 Å². The molecule has 0 saturated carbocycles. The van der Waals surface area contributed by atoms with E-state index < -0.39 is 0 Å². The lowest BCUT2D eigenvalue weighted by Crippen LogP contribution is -2.23. The Morgan fingerprint density at radius 3 is 2.80 bits per heavy atom. The second-order valence-corrected chi connectivity index (χ2v) is 9.93. The predicted octanol–water partition coefficient (Wildman–Crippen LogP) is 6.34. The molecule has 2 heterocycles. The zero-order chi connectivity index (χ0) is 28.1. The molecule has 1 aliphatic rings. The van der Waals surface area contributed by atoms with Crippen LogP contribution in [0.5, 0.6) is 11.5 Å². The smallest absolute Gasteiger partial charge is 0.248 e. The standard InChI is InChI=1S/C30H29ClFN5O3/c1-37-12-4-7-22(37)9-11-29(38)36-26-15-23-25(16-28(26)39-2)33-18-34-30(23)35-21-8-10-27(24(31)14-21)40-17-19-5-3-6-20(32)13-19/h3,5-6,8-11,13-16,18,22H,4,7,12,17H2,1-2H3,(H,36,38)(H,33,34,35)/b11-9+. The summed E-state index contributed by atoms with van der Waals surface area (Å²) >= 11 is 6.47. The van der Waals surface area contributed by atoms with Crippen LogP contribution in [0.2, 0.25) is 5.02 Å². The number of anilines is 3. The van der Waals surface area contributed by atoms with Crippen molar-refractivity contribution in [1.29, 1.82) is 0 Å². The number of aromatic nitrogens is 2. The Labute approximate surface area is 236 Å². The third kappa shape index (κ3) is 6.50. The third-order valence-corrected chi connectivity index (χ3v) is 7.03. The number of likely N-dealkylation sites (N-methyl/N-ethyl adjacent to an activating group) is 1. The van der Waals surface area contributed by atoms with Crippen molar-refractivity contribution >= 4 is 45.6 Å². The Morgan fingerprint density at radius 1 is 1.18 bits per heavy atom. The molecule has 3 aromatic carbocycles. The molecular formula is C30H29ClFN5O3. The van der Waals surface area contributed by atoms with E-state index in [2.05, 4.69) is 32.5 Å². The van der Waals surface area contributed by atoms with E-state index in [0.717, 1.165) is 19.4 Å². The van der Waals surface area contributed by atoms with Gasteiger partial charge in [0, 0.05) is 29.3 Å². The number of benzene rings is 3. The molecule has 0 bridgehead atoms. The summed E-state index contributed by atoms with van der Waals surface area (Å²) in [5.41, 5.74) is 2.51. The lowest BCUT2D eigenvalue weighted by Gasteiger charge is -2.15. The highest BCUT2D eigenvalue weighted by molar-refractivity contribution is 6.32. The van der Waals surface area contributed by atoms with E-state index in [1.807, 2.05) is 6.08 Å². The van der Waals surface area contributed by atoms with Crippen LogP contribution in [-0.4, -0.2) is 47.5 Å². The first kappa shape index (κ1) is 27.4. The van der Waals surface area contributed by atoms with Crippen LogP contribution >= 0.6 is 11.6 Å². The summed E-state index contributed by atoms with van der Waals surface area (Å²) in [6, 6.07) is 15.3. The number of carbonyl (C=O) groups is 1. The number of nitrogens with one attached hydrogen (secondary N) is 2. The van der Waals surface area contributed by atoms with Crippen molar-refractivity contribution in [3.63, 3.8) is 0 Å². The van der Waals surface area contributed by atoms with Gasteiger partial charge in [-0.2, -0.15) is 0 Å². The van der Waals surface area contributed by atoms with Crippen molar-refractivity contribution in [2.45, 2.75) is 25.5 Å². The molecule has 10 heteroatoms. The number of fused-ring (bicyclic) bond motifs is 1. The maximum Gasteiger partial charge on any atom is 0.248 e. The van der Waals surface area contributed by atoms with Crippen LogP contribution in [0.15, 0.2) is 73.1 Å². The summed E-state index contributed by atoms with van der Waals surface area (Å²) in [6.45, 7) is 1.21. The number of amides is 1. The van der Waals surface area contributed by atoms with Gasteiger partial charge in [0.15, 0.2) is 0 Å². The van der Waals surface area contributed by atoms with E-state index in [4.69, 9.17) is 21.1 Å². The molecule has 4 aromatic rings. The van der Waals surface area contributed by atoms with Gasteiger partial charge in [0.05, 0.1) is 23.3 Å². The normalized spacial score (nSPS) is 15.4. The molecule has 2 N–H and O–H groups in total. The molecule has 206 valence electrons. The molecule has 1 aromatic heterocycles. The van der Waals surface area contributed by atoms with Gasteiger partial charge >= 0.3 is 0 Å². The summed E-state index contributed by atoms with van der Waals surface area (Å²) in [7, 11) is 3.60. The van der Waals surface area contributed by atoms with Gasteiger partial charge in [-0.3, -0.25) is 9.69 Å². The van der Waals surface area contributed by atoms with Crippen LogP contribution in [0.3, 0.4) is 0 Å². The van der Waals surface area contributed by atoms with Crippen LogP contribution in [0.1, 0.15) is 18.4 Å². The summed E-state index contributed by atoms with van der Waals surface area (Å²) < 4.78 is 24.7. The average molecular weight is 562 g/mol. The lowest BCUT2D eigenvalue weighted by atomic mass is 10.1. The van der Waals surface area contributed by atoms with Crippen molar-refractivity contribution in [3.05, 3.63) is 89.5 Å². The molecule has 1 saturated heterocycles. The summed E-state index contributed by atoms with van der Waals surface area (Å²) in [5, 5.41) is 7.25. The molecule has 5 rings (SSSR count). The number of carbonyl (C=O) groups excluding carboxylic acids is 1. The van der Waals surface area contributed by atoms with Crippen molar-refractivity contribution in [2.75, 3.05) is 31.3 Å². The number of nitrogens with zero attached hydrogens (tertiary/aromatic N) is 3. The zero-order valence-electron chi connectivity index (χ0n) is 22.2. The molecule has 1 fully saturated rings. The molecule has 1 atom stereocenters. The van der Waals surface area contributed by atoms with Crippen molar-refractivity contribution in [1.82, 2.24) is 14.9 Å². The van der Waals surface area contributed by atoms with Crippen molar-refractivity contribution in [3.8, 4) is 11.5 Å². The number of hydrogen-bond acceptors (Lipinski definition) is 7. The summed E-state index contributed by atoms with van der Waals surface area (Å²) in [4.78, 5) is 23.7. The van der Waals surface area contributed by atoms with Crippen molar-refractivity contribution < 1.29 is 18.7 Å². The van der Waals surface area contributed by atoms with E-state index in [9.17, 15) is 9.18 Å². The largest absolute Gasteiger partial charge is 0.494 e. The van der Waals surface area contributed by atoms with Crippen LogP contribution in [0, 0.1) is 5.82 Å². The third-order valence-electron chi connectivity index (χ3n) is 6.74. The predicted molar refractivity (Wildman–Crippen MR) is 155 cm³/mol. The number of hydrogen-bond donors (Lipinski definition) is 2. The second kappa shape index (κ2) is 12.3. The first-order valence-corrected chi connectivity index (χ1v) is 13.2. The fourth-order valence-electron chi connectivity index (χ4n) is 4.62. The van der Waals surface area contributed by atoms with Crippen molar-refractivity contribution in [2.24, 2.45) is 0 Å². The van der Waals surface area contributed by atoms with E-state index >= 15 is 0 Å². The van der Waals surface area contributed by atoms with Gasteiger partial charge in [0.1, 0.15) is 36.1 Å². The highest BCUT2D eigenvalue weighted by atomic mass is 35.5. The maximum absolute atomic E-state index is 13.4. The second-order valence-electron chi connectivity index (χ2n) is 9.52. The maximum atomic E-state index is 13.4. The SMILES string of the molecule is COc1cc2ncnc(Nc3ccc(OCc4cccc(F)c4)c(Cl)c3)c2cc1NC(=O)/C=C/C1CCCN1C. The summed E-state index contributed by atoms with van der Waals surface area (Å²) in [6.07, 6.45) is 7.10. The molecule has 1 aliphatic heterocycles. The number of halogens is 2. The molecule has 0 spiro atoms. The van der Waals surface area contributed by atoms with Crippen LogP contribution in [-0.2, 0) is 11.4 Å². The molecule has 1 amide bonds. The number of methoxy groups -OCH3 is 1. The average Bonchev–Trinajstić information content (AvgIpc) is 3.36. The molecule has 40 heavy (non-hydrogen) atoms. The quantitative estimate of drug-likeness (QED) is 0.230. The highest BCUT2D eigenvalue weighted by Gasteiger charge is 2.18. The Bertz CT molecular complexity index is 1560. The molecule has 0 radical (unpaired) electrons. The van der Waals surface area contributed by atoms with Crippen LogP contribution in [0.4, 0.5) is 21.6 Å². The zero-order valence-corrected chi connectivity index (χ0v) is 22.9. The first-order valence-electron chi connectivity index (χ1n) is 12.9. The molecular weight excluding hydrogens is 533 g/mol. The van der Waals surface area contributed by atoms with E-state index in [1.54, 1.807) is 55.7 Å². The van der Waals surface area contributed by atoms with Gasteiger partial charge in [-0.15, -0.1) is 0 Å². The minimum atomic E-state index is -0.322. The monoisotopic (exact) mass is 561 g/mol. The van der Waals surface area contributed by atoms with Gasteiger partial charge < -0.3 is 20.1 Å². The Balaban J connectivity index is 1.33. The van der Waals surface area contributed by atoms with Gasteiger partial charge in [-0.25, -0.2) is 14.4 Å². The molecule has 8 nitrogen and oxygen atoms in total. The first-order chi connectivity index (χ1) is 19.4. The lowest BCUT2D eigenvalue weighted by molar-refractivity contribution is -0.111. The van der Waals surface area contributed by atoms with Gasteiger partial charge in [-0.1, -0.05) is 29.8 Å². The Hall–Kier alpha value is -4.21. The number of ether oxygens (including phenoxy) is 2. The molecule has 0 aliphatic carbocycles. The minimum absolute atomic E-state index is 0.184. The topological polar surface area (TPSA) is 88.6 Å². The minimum Gasteiger partial charge on any atom is -0.494 e. The van der Waals surface area contributed by atoms with Crippen LogP contribution < -0.4 is 20.1 Å². The van der Waals surface area contributed by atoms with Gasteiger partial charge in [0.2, 0.25) is 5.91 Å². The molecule has 1 unspecified atom stereocenters. The number of rotatable bonds is 9. The van der Waals surface area contributed by atoms with E-state index in [0.29, 0.717) is 50.2 Å². The number of likely N-dealkylation sites (tertiary alicyclic amines) is 1. The summed E-state index contributed by atoms with van der Waals surface area (Å²) in [5.74, 6) is 0.911. The Morgan fingerprint density at radius 2 is 2.05 bits per heavy atom. The highest BCUT2D eigenvalue weighted by Crippen LogP contribution is 2.35. The van der Waals surface area contributed by atoms with Crippen LogP contribution in [0.25, 0.3) is 10.9 Å².